The van der Waals surface area contributed by atoms with Gasteiger partial charge in [0.2, 0.25) is 0 Å². The fourth-order valence-electron chi connectivity index (χ4n) is 3.64. The molecule has 6 heteroatoms. The van der Waals surface area contributed by atoms with Crippen LogP contribution in [-0.2, 0) is 20.9 Å². The topological polar surface area (TPSA) is 59.1 Å². The second-order valence-electron chi connectivity index (χ2n) is 7.62. The lowest BCUT2D eigenvalue weighted by atomic mass is 10.1. The predicted octanol–water partition coefficient (Wildman–Crippen LogP) is 6.32. The van der Waals surface area contributed by atoms with Gasteiger partial charge in [0.05, 0.1) is 0 Å². The minimum atomic E-state index is -0.505. The smallest absolute Gasteiger partial charge is 0.335 e. The van der Waals surface area contributed by atoms with Crippen LogP contribution in [0.4, 0.5) is 22.7 Å². The minimum Gasteiger partial charge on any atom is -0.458 e. The average Bonchev–Trinajstić information content (AvgIpc) is 2.90. The van der Waals surface area contributed by atoms with Gasteiger partial charge < -0.3 is 19.3 Å². The van der Waals surface area contributed by atoms with Crippen molar-refractivity contribution in [3.05, 3.63) is 104 Å². The largest absolute Gasteiger partial charge is 0.458 e. The molecule has 3 aromatic rings. The fourth-order valence-corrected chi connectivity index (χ4v) is 3.64. The van der Waals surface area contributed by atoms with Crippen LogP contribution >= 0.6 is 0 Å². The summed E-state index contributed by atoms with van der Waals surface area (Å²) in [4.78, 5) is 27.4. The van der Waals surface area contributed by atoms with Gasteiger partial charge in [-0.15, -0.1) is 0 Å². The van der Waals surface area contributed by atoms with Crippen molar-refractivity contribution in [1.82, 2.24) is 0 Å². The van der Waals surface area contributed by atoms with Crippen molar-refractivity contribution < 1.29 is 19.1 Å². The van der Waals surface area contributed by atoms with Crippen LogP contribution in [0.3, 0.4) is 0 Å². The Morgan fingerprint density at radius 3 is 1.91 bits per heavy atom. The summed E-state index contributed by atoms with van der Waals surface area (Å²) in [6, 6.07) is 23.5. The van der Waals surface area contributed by atoms with Crippen molar-refractivity contribution in [3.63, 3.8) is 0 Å². The van der Waals surface area contributed by atoms with Crippen molar-refractivity contribution in [1.29, 1.82) is 0 Å². The van der Waals surface area contributed by atoms with Gasteiger partial charge in [-0.3, -0.25) is 0 Å². The lowest BCUT2D eigenvalue weighted by Crippen LogP contribution is -2.22. The lowest BCUT2D eigenvalue weighted by molar-refractivity contribution is -0.139. The summed E-state index contributed by atoms with van der Waals surface area (Å²) < 4.78 is 10.4. The summed E-state index contributed by atoms with van der Waals surface area (Å²) in [7, 11) is 0. The monoisotopic (exact) mass is 470 g/mol. The number of hydrogen-bond acceptors (Lipinski definition) is 6. The molecule has 0 bridgehead atoms. The van der Waals surface area contributed by atoms with E-state index in [-0.39, 0.29) is 6.61 Å². The highest BCUT2D eigenvalue weighted by atomic mass is 16.5. The molecule has 0 aliphatic carbocycles. The molecule has 3 rings (SSSR count). The Hall–Kier alpha value is -4.32. The molecule has 0 aliphatic rings. The van der Waals surface area contributed by atoms with Gasteiger partial charge in [-0.05, 0) is 74.0 Å². The van der Waals surface area contributed by atoms with Crippen LogP contribution in [0.25, 0.3) is 0 Å². The van der Waals surface area contributed by atoms with Crippen molar-refractivity contribution in [2.45, 2.75) is 20.5 Å². The van der Waals surface area contributed by atoms with Crippen LogP contribution in [-0.4, -0.2) is 25.0 Å². The van der Waals surface area contributed by atoms with Gasteiger partial charge in [0.15, 0.2) is 0 Å². The first kappa shape index (κ1) is 25.3. The molecule has 0 heterocycles. The molecule has 0 amide bonds. The molecule has 0 spiro atoms. The van der Waals surface area contributed by atoms with E-state index in [2.05, 4.69) is 55.0 Å². The highest BCUT2D eigenvalue weighted by molar-refractivity contribution is 5.84. The highest BCUT2D eigenvalue weighted by Gasteiger charge is 2.15. The van der Waals surface area contributed by atoms with Gasteiger partial charge in [-0.2, -0.15) is 0 Å². The molecule has 35 heavy (non-hydrogen) atoms. The lowest BCUT2D eigenvalue weighted by Gasteiger charge is -2.28. The van der Waals surface area contributed by atoms with Crippen molar-refractivity contribution in [2.75, 3.05) is 22.9 Å². The van der Waals surface area contributed by atoms with Gasteiger partial charge >= 0.3 is 11.9 Å². The van der Waals surface area contributed by atoms with Crippen LogP contribution in [0.1, 0.15) is 19.4 Å². The molecule has 0 radical (unpaired) electrons. The van der Waals surface area contributed by atoms with E-state index in [0.29, 0.717) is 5.75 Å². The van der Waals surface area contributed by atoms with Crippen LogP contribution in [0, 0.1) is 0 Å². The normalized spacial score (nSPS) is 10.2. The Kier molecular flexibility index (Phi) is 8.84. The maximum Gasteiger partial charge on any atom is 0.335 e. The van der Waals surface area contributed by atoms with Gasteiger partial charge in [-0.25, -0.2) is 9.59 Å². The zero-order valence-corrected chi connectivity index (χ0v) is 20.1. The first-order chi connectivity index (χ1) is 17.0. The molecule has 180 valence electrons. The molecule has 0 N–H and O–H groups in total. The number of rotatable bonds is 11. The Balaban J connectivity index is 1.99. The molecular formula is C29H30N2O4. The minimum absolute atomic E-state index is 0.173. The second-order valence-corrected chi connectivity index (χ2v) is 7.62. The molecule has 0 aromatic heterocycles. The maximum atomic E-state index is 11.6. The summed E-state index contributed by atoms with van der Waals surface area (Å²) in [5.41, 5.74) is 4.80. The van der Waals surface area contributed by atoms with E-state index in [1.165, 1.54) is 0 Å². The number of esters is 2. The van der Waals surface area contributed by atoms with Gasteiger partial charge in [-0.1, -0.05) is 31.4 Å². The number of carbonyl (C=O) groups excluding carboxylic acids is 2. The summed E-state index contributed by atoms with van der Waals surface area (Å²) in [6.45, 7) is 13.1. The van der Waals surface area contributed by atoms with E-state index in [1.807, 2.05) is 42.5 Å². The standard InChI is InChI=1S/C29H30N2O4/c1-5-28(32)34-21-22-12-14-23(15-13-22)31(24-16-18-27(19-17-24)35-29(33)6-2)26-11-9-10-25(20-26)30(7-3)8-4/h5-6,9-20H,1-2,7-8,21H2,3-4H3. The maximum absolute atomic E-state index is 11.6. The molecule has 0 saturated carbocycles. The highest BCUT2D eigenvalue weighted by Crippen LogP contribution is 2.37. The summed E-state index contributed by atoms with van der Waals surface area (Å²) in [5.74, 6) is -0.523. The SMILES string of the molecule is C=CC(=O)OCc1ccc(N(c2ccc(OC(=O)C=C)cc2)c2cccc(N(CC)CC)c2)cc1. The molecule has 0 saturated heterocycles. The number of benzene rings is 3. The van der Waals surface area contributed by atoms with Crippen molar-refractivity contribution in [3.8, 4) is 5.75 Å². The molecule has 0 aliphatic heterocycles. The zero-order valence-electron chi connectivity index (χ0n) is 20.1. The third-order valence-corrected chi connectivity index (χ3v) is 5.44. The summed E-state index contributed by atoms with van der Waals surface area (Å²) >= 11 is 0. The van der Waals surface area contributed by atoms with Crippen LogP contribution in [0.5, 0.6) is 5.75 Å². The molecule has 0 unspecified atom stereocenters. The number of anilines is 4. The number of carbonyl (C=O) groups is 2. The van der Waals surface area contributed by atoms with Crippen LogP contribution < -0.4 is 14.5 Å². The van der Waals surface area contributed by atoms with Crippen LogP contribution in [0.15, 0.2) is 98.1 Å². The first-order valence-corrected chi connectivity index (χ1v) is 11.5. The Bertz CT molecular complexity index is 1170. The Morgan fingerprint density at radius 1 is 0.771 bits per heavy atom. The van der Waals surface area contributed by atoms with Crippen molar-refractivity contribution in [2.24, 2.45) is 0 Å². The molecule has 6 nitrogen and oxygen atoms in total. The number of hydrogen-bond donors (Lipinski definition) is 0. The Labute approximate surface area is 206 Å². The van der Waals surface area contributed by atoms with E-state index < -0.39 is 11.9 Å². The summed E-state index contributed by atoms with van der Waals surface area (Å²) in [5, 5.41) is 0. The predicted molar refractivity (Wildman–Crippen MR) is 141 cm³/mol. The van der Waals surface area contributed by atoms with E-state index in [0.717, 1.165) is 53.6 Å². The Morgan fingerprint density at radius 2 is 1.34 bits per heavy atom. The van der Waals surface area contributed by atoms with Gasteiger partial charge in [0.25, 0.3) is 0 Å². The van der Waals surface area contributed by atoms with E-state index in [1.54, 1.807) is 12.1 Å². The average molecular weight is 471 g/mol. The fraction of sp³-hybridized carbons (Fsp3) is 0.172. The molecule has 0 fully saturated rings. The first-order valence-electron chi connectivity index (χ1n) is 11.5. The van der Waals surface area contributed by atoms with E-state index >= 15 is 0 Å². The molecule has 0 atom stereocenters. The molecular weight excluding hydrogens is 440 g/mol. The van der Waals surface area contributed by atoms with Crippen LogP contribution in [0.2, 0.25) is 0 Å². The molecule has 3 aromatic carbocycles. The number of ether oxygens (including phenoxy) is 2. The zero-order chi connectivity index (χ0) is 25.2. The number of nitrogens with zero attached hydrogens (tertiary/aromatic N) is 2. The third kappa shape index (κ3) is 6.60. The van der Waals surface area contributed by atoms with Gasteiger partial charge in [0.1, 0.15) is 12.4 Å². The van der Waals surface area contributed by atoms with E-state index in [9.17, 15) is 9.59 Å². The van der Waals surface area contributed by atoms with Crippen molar-refractivity contribution >= 4 is 34.7 Å². The second kappa shape index (κ2) is 12.2. The van der Waals surface area contributed by atoms with E-state index in [4.69, 9.17) is 9.47 Å². The van der Waals surface area contributed by atoms with Gasteiger partial charge in [0, 0.05) is 48.0 Å². The third-order valence-electron chi connectivity index (χ3n) is 5.44. The quantitative estimate of drug-likeness (QED) is 0.186. The summed E-state index contributed by atoms with van der Waals surface area (Å²) in [6.07, 6.45) is 2.28.